The van der Waals surface area contributed by atoms with Crippen molar-refractivity contribution in [1.29, 1.82) is 10.7 Å². The molecule has 2 aromatic rings. The molecule has 1 atom stereocenters. The third-order valence-electron chi connectivity index (χ3n) is 4.03. The molecule has 26 heavy (non-hydrogen) atoms. The first-order chi connectivity index (χ1) is 12.5. The summed E-state index contributed by atoms with van der Waals surface area (Å²) in [4.78, 5) is 24.2. The summed E-state index contributed by atoms with van der Waals surface area (Å²) in [6.45, 7) is 0.887. The number of nitrogens with zero attached hydrogens (tertiary/aromatic N) is 1. The molecule has 0 amide bonds. The smallest absolute Gasteiger partial charge is 0.307 e. The zero-order valence-electron chi connectivity index (χ0n) is 14.5. The van der Waals surface area contributed by atoms with Gasteiger partial charge in [-0.1, -0.05) is 60.7 Å². The topological polar surface area (TPSA) is 91.0 Å². The van der Waals surface area contributed by atoms with E-state index in [1.807, 2.05) is 60.7 Å². The summed E-state index contributed by atoms with van der Waals surface area (Å²) in [5.41, 5.74) is 1.90. The number of benzene rings is 2. The summed E-state index contributed by atoms with van der Waals surface area (Å²) >= 11 is 0. The number of Topliss-reactive ketones (excluding diaryl/α,β-unsaturated/α-hetero) is 1. The van der Waals surface area contributed by atoms with Gasteiger partial charge in [0.15, 0.2) is 12.4 Å². The maximum Gasteiger partial charge on any atom is 0.307 e. The van der Waals surface area contributed by atoms with Gasteiger partial charge in [-0.15, -0.1) is 0 Å². The van der Waals surface area contributed by atoms with Crippen LogP contribution in [-0.2, 0) is 14.3 Å². The number of ether oxygens (including phenoxy) is 1. The van der Waals surface area contributed by atoms with Gasteiger partial charge in [0.25, 0.3) is 0 Å². The molecule has 0 fully saturated rings. The van der Waals surface area contributed by atoms with Gasteiger partial charge in [0.05, 0.1) is 12.5 Å². The van der Waals surface area contributed by atoms with Crippen molar-refractivity contribution in [3.8, 4) is 6.07 Å². The molecule has 2 rings (SSSR count). The molecule has 0 aliphatic rings. The average molecular weight is 348 g/mol. The lowest BCUT2D eigenvalue weighted by Gasteiger charge is -2.17. The number of nitrogens with one attached hydrogen (secondary N) is 1. The number of rotatable bonds is 8. The van der Waals surface area contributed by atoms with Gasteiger partial charge in [0.1, 0.15) is 5.92 Å². The van der Waals surface area contributed by atoms with Gasteiger partial charge in [0, 0.05) is 11.6 Å². The molecule has 0 spiro atoms. The molecule has 132 valence electrons. The molecule has 1 N–H and O–H groups in total. The van der Waals surface area contributed by atoms with Gasteiger partial charge >= 0.3 is 5.97 Å². The predicted molar refractivity (Wildman–Crippen MR) is 97.8 cm³/mol. The molecule has 5 heteroatoms. The summed E-state index contributed by atoms with van der Waals surface area (Å²) in [6.07, 6.45) is 0.0854. The fraction of sp³-hybridized carbons (Fsp3) is 0.238. The minimum absolute atomic E-state index is 0.0556. The Morgan fingerprint density at radius 1 is 1.04 bits per heavy atom. The highest BCUT2D eigenvalue weighted by molar-refractivity contribution is 6.06. The van der Waals surface area contributed by atoms with Crippen molar-refractivity contribution < 1.29 is 14.3 Å². The number of esters is 1. The van der Waals surface area contributed by atoms with E-state index >= 15 is 0 Å². The lowest BCUT2D eigenvalue weighted by atomic mass is 9.88. The van der Waals surface area contributed by atoms with E-state index in [1.54, 1.807) is 6.07 Å². The van der Waals surface area contributed by atoms with Crippen molar-refractivity contribution in [1.82, 2.24) is 0 Å². The van der Waals surface area contributed by atoms with Crippen LogP contribution in [0.2, 0.25) is 0 Å². The van der Waals surface area contributed by atoms with Crippen molar-refractivity contribution >= 4 is 17.5 Å². The zero-order valence-corrected chi connectivity index (χ0v) is 14.5. The maximum absolute atomic E-state index is 12.3. The number of nitriles is 1. The van der Waals surface area contributed by atoms with E-state index in [4.69, 9.17) is 15.4 Å². The largest absolute Gasteiger partial charge is 0.458 e. The Bertz CT molecular complexity index is 771. The molecule has 0 aliphatic heterocycles. The Morgan fingerprint density at radius 3 is 1.96 bits per heavy atom. The van der Waals surface area contributed by atoms with Crippen LogP contribution in [0.1, 0.15) is 30.4 Å². The van der Waals surface area contributed by atoms with Crippen LogP contribution < -0.4 is 0 Å². The number of hydrogen-bond acceptors (Lipinski definition) is 5. The zero-order chi connectivity index (χ0) is 18.9. The Balaban J connectivity index is 2.07. The van der Waals surface area contributed by atoms with Crippen LogP contribution in [0.25, 0.3) is 0 Å². The summed E-state index contributed by atoms with van der Waals surface area (Å²) in [5, 5.41) is 16.3. The monoisotopic (exact) mass is 348 g/mol. The third-order valence-corrected chi connectivity index (χ3v) is 4.03. The first-order valence-electron chi connectivity index (χ1n) is 8.25. The molecule has 1 unspecified atom stereocenters. The van der Waals surface area contributed by atoms with Crippen molar-refractivity contribution in [3.05, 3.63) is 71.8 Å². The second-order valence-corrected chi connectivity index (χ2v) is 5.95. The second-order valence-electron chi connectivity index (χ2n) is 5.95. The molecule has 0 aromatic heterocycles. The minimum atomic E-state index is -1.16. The number of carbonyl (C=O) groups is 2. The Morgan fingerprint density at radius 2 is 1.54 bits per heavy atom. The lowest BCUT2D eigenvalue weighted by Crippen LogP contribution is -2.26. The first-order valence-corrected chi connectivity index (χ1v) is 8.25. The van der Waals surface area contributed by atoms with E-state index in [9.17, 15) is 9.59 Å². The van der Waals surface area contributed by atoms with Gasteiger partial charge < -0.3 is 10.1 Å². The summed E-state index contributed by atoms with van der Waals surface area (Å²) in [6, 6.07) is 21.0. The molecule has 0 saturated heterocycles. The van der Waals surface area contributed by atoms with Gasteiger partial charge in [-0.2, -0.15) is 5.26 Å². The highest BCUT2D eigenvalue weighted by Gasteiger charge is 2.23. The maximum atomic E-state index is 12.3. The van der Waals surface area contributed by atoms with E-state index in [0.717, 1.165) is 11.1 Å². The Kier molecular flexibility index (Phi) is 6.81. The highest BCUT2D eigenvalue weighted by Crippen LogP contribution is 2.28. The SMILES string of the molecule is CC(=N)C(C#N)C(=O)COC(=O)CC(c1ccccc1)c1ccccc1. The molecule has 0 radical (unpaired) electrons. The van der Waals surface area contributed by atoms with Gasteiger partial charge in [0.2, 0.25) is 0 Å². The summed E-state index contributed by atoms with van der Waals surface area (Å²) in [5.74, 6) is -2.45. The molecule has 2 aromatic carbocycles. The van der Waals surface area contributed by atoms with Crippen molar-refractivity contribution in [3.63, 3.8) is 0 Å². The highest BCUT2D eigenvalue weighted by atomic mass is 16.5. The molecular formula is C21H20N2O3. The number of carbonyl (C=O) groups excluding carboxylic acids is 2. The third kappa shape index (κ3) is 5.12. The van der Waals surface area contributed by atoms with Crippen LogP contribution >= 0.6 is 0 Å². The molecule has 0 heterocycles. The number of hydrogen-bond donors (Lipinski definition) is 1. The Labute approximate surface area is 152 Å². The van der Waals surface area contributed by atoms with Crippen molar-refractivity contribution in [2.75, 3.05) is 6.61 Å². The molecule has 0 bridgehead atoms. The lowest BCUT2D eigenvalue weighted by molar-refractivity contribution is -0.148. The second kappa shape index (κ2) is 9.28. The van der Waals surface area contributed by atoms with Gasteiger partial charge in [-0.05, 0) is 18.1 Å². The van der Waals surface area contributed by atoms with Crippen molar-refractivity contribution in [2.24, 2.45) is 5.92 Å². The van der Waals surface area contributed by atoms with Crippen LogP contribution in [0.5, 0.6) is 0 Å². The molecule has 0 saturated carbocycles. The molecular weight excluding hydrogens is 328 g/mol. The summed E-state index contributed by atoms with van der Waals surface area (Å²) in [7, 11) is 0. The van der Waals surface area contributed by atoms with Crippen LogP contribution in [-0.4, -0.2) is 24.1 Å². The van der Waals surface area contributed by atoms with Crippen LogP contribution in [0.3, 0.4) is 0 Å². The standard InChI is InChI=1S/C21H20N2O3/c1-15(23)19(13-22)20(24)14-26-21(25)12-18(16-8-4-2-5-9-16)17-10-6-3-7-11-17/h2-11,18-19,23H,12,14H2,1H3. The predicted octanol–water partition coefficient (Wildman–Crippen LogP) is 3.50. The summed E-state index contributed by atoms with van der Waals surface area (Å²) < 4.78 is 5.07. The van der Waals surface area contributed by atoms with Crippen LogP contribution in [0.4, 0.5) is 0 Å². The van der Waals surface area contributed by atoms with Gasteiger partial charge in [-0.25, -0.2) is 0 Å². The van der Waals surface area contributed by atoms with E-state index in [2.05, 4.69) is 0 Å². The van der Waals surface area contributed by atoms with Crippen molar-refractivity contribution in [2.45, 2.75) is 19.3 Å². The van der Waals surface area contributed by atoms with Crippen LogP contribution in [0.15, 0.2) is 60.7 Å². The minimum Gasteiger partial charge on any atom is -0.458 e. The fourth-order valence-electron chi connectivity index (χ4n) is 2.67. The first kappa shape index (κ1) is 19.1. The quantitative estimate of drug-likeness (QED) is 0.584. The number of ketones is 1. The van der Waals surface area contributed by atoms with Crippen LogP contribution in [0, 0.1) is 22.7 Å². The normalized spacial score (nSPS) is 11.4. The van der Waals surface area contributed by atoms with E-state index in [1.165, 1.54) is 6.92 Å². The van der Waals surface area contributed by atoms with E-state index < -0.39 is 24.3 Å². The van der Waals surface area contributed by atoms with E-state index in [-0.39, 0.29) is 18.1 Å². The Hall–Kier alpha value is -3.26. The molecule has 5 nitrogen and oxygen atoms in total. The average Bonchev–Trinajstić information content (AvgIpc) is 2.66. The van der Waals surface area contributed by atoms with E-state index in [0.29, 0.717) is 0 Å². The van der Waals surface area contributed by atoms with Gasteiger partial charge in [-0.3, -0.25) is 9.59 Å². The fourth-order valence-corrected chi connectivity index (χ4v) is 2.67. The molecule has 0 aliphatic carbocycles.